The number of cyclic esters (lactones) is 1. The van der Waals surface area contributed by atoms with Gasteiger partial charge < -0.3 is 4.74 Å². The largest absolute Gasteiger partial charge is 0.439 e. The van der Waals surface area contributed by atoms with Gasteiger partial charge in [0.05, 0.1) is 4.90 Å². The van der Waals surface area contributed by atoms with Crippen molar-refractivity contribution in [2.75, 3.05) is 26.2 Å². The van der Waals surface area contributed by atoms with Crippen molar-refractivity contribution in [1.82, 2.24) is 9.21 Å². The molecule has 2 saturated heterocycles. The lowest BCUT2D eigenvalue weighted by atomic mass is 10.0. The highest BCUT2D eigenvalue weighted by Crippen LogP contribution is 2.28. The fourth-order valence-electron chi connectivity index (χ4n) is 2.53. The van der Waals surface area contributed by atoms with Crippen molar-refractivity contribution >= 4 is 33.6 Å². The highest BCUT2D eigenvalue weighted by Gasteiger charge is 2.41. The molecule has 0 saturated carbocycles. The lowest BCUT2D eigenvalue weighted by Gasteiger charge is -2.39. The van der Waals surface area contributed by atoms with E-state index in [1.54, 1.807) is 13.0 Å². The smallest absolute Gasteiger partial charge is 0.417 e. The van der Waals surface area contributed by atoms with Gasteiger partial charge in [0.15, 0.2) is 6.61 Å². The van der Waals surface area contributed by atoms with Crippen LogP contribution >= 0.6 is 11.6 Å². The van der Waals surface area contributed by atoms with Crippen molar-refractivity contribution < 1.29 is 22.7 Å². The standard InChI is InChI=1S/C14H15ClN2O5S/c1-9-2-3-11(4-12(9)15)23(20,21)16-5-10(6-16)7-17-13(18)8-22-14(17)19/h2-4,10H,5-8H2,1H3. The SMILES string of the molecule is Cc1ccc(S(=O)(=O)N2CC(CN3C(=O)COC3=O)C2)cc1Cl. The summed E-state index contributed by atoms with van der Waals surface area (Å²) in [5.74, 6) is -0.470. The minimum Gasteiger partial charge on any atom is -0.439 e. The Morgan fingerprint density at radius 1 is 1.30 bits per heavy atom. The molecule has 1 aromatic carbocycles. The minimum atomic E-state index is -3.61. The summed E-state index contributed by atoms with van der Waals surface area (Å²) >= 11 is 5.98. The Hall–Kier alpha value is -1.64. The maximum Gasteiger partial charge on any atom is 0.417 e. The van der Waals surface area contributed by atoms with Crippen molar-refractivity contribution in [3.8, 4) is 0 Å². The van der Waals surface area contributed by atoms with Gasteiger partial charge in [0, 0.05) is 30.6 Å². The Morgan fingerprint density at radius 3 is 2.57 bits per heavy atom. The first-order chi connectivity index (χ1) is 10.8. The predicted octanol–water partition coefficient (Wildman–Crippen LogP) is 1.25. The molecule has 0 radical (unpaired) electrons. The van der Waals surface area contributed by atoms with Crippen molar-refractivity contribution in [2.45, 2.75) is 11.8 Å². The van der Waals surface area contributed by atoms with Crippen LogP contribution in [0.5, 0.6) is 0 Å². The number of carbonyl (C=O) groups is 2. The minimum absolute atomic E-state index is 0.0831. The molecule has 0 bridgehead atoms. The molecule has 124 valence electrons. The monoisotopic (exact) mass is 358 g/mol. The summed E-state index contributed by atoms with van der Waals surface area (Å²) in [5, 5.41) is 0.397. The number of ether oxygens (including phenoxy) is 1. The van der Waals surface area contributed by atoms with Gasteiger partial charge in [-0.1, -0.05) is 17.7 Å². The molecule has 3 rings (SSSR count). The van der Waals surface area contributed by atoms with E-state index >= 15 is 0 Å². The Morgan fingerprint density at radius 2 is 2.00 bits per heavy atom. The second-order valence-corrected chi connectivity index (χ2v) is 8.00. The lowest BCUT2D eigenvalue weighted by Crippen LogP contribution is -2.54. The molecule has 1 aromatic rings. The fraction of sp³-hybridized carbons (Fsp3) is 0.429. The van der Waals surface area contributed by atoms with Crippen LogP contribution in [0.3, 0.4) is 0 Å². The maximum atomic E-state index is 12.5. The van der Waals surface area contributed by atoms with Gasteiger partial charge in [0.25, 0.3) is 5.91 Å². The Kier molecular flexibility index (Phi) is 4.07. The first kappa shape index (κ1) is 16.2. The van der Waals surface area contributed by atoms with Gasteiger partial charge in [-0.05, 0) is 24.6 Å². The highest BCUT2D eigenvalue weighted by atomic mass is 35.5. The zero-order chi connectivity index (χ0) is 16.8. The Bertz CT molecular complexity index is 757. The van der Waals surface area contributed by atoms with Crippen LogP contribution in [0.2, 0.25) is 5.02 Å². The zero-order valence-corrected chi connectivity index (χ0v) is 13.9. The number of imide groups is 1. The molecule has 2 aliphatic rings. The highest BCUT2D eigenvalue weighted by molar-refractivity contribution is 7.89. The van der Waals surface area contributed by atoms with Crippen molar-refractivity contribution in [3.63, 3.8) is 0 Å². The molecule has 7 nitrogen and oxygen atoms in total. The van der Waals surface area contributed by atoms with E-state index in [2.05, 4.69) is 4.74 Å². The van der Waals surface area contributed by atoms with Crippen LogP contribution < -0.4 is 0 Å². The van der Waals surface area contributed by atoms with Crippen LogP contribution in [0.15, 0.2) is 23.1 Å². The summed E-state index contributed by atoms with van der Waals surface area (Å²) in [6.45, 7) is 2.24. The number of nitrogens with zero attached hydrogens (tertiary/aromatic N) is 2. The third-order valence-electron chi connectivity index (χ3n) is 3.99. The molecule has 0 unspecified atom stereocenters. The maximum absolute atomic E-state index is 12.5. The molecule has 2 heterocycles. The summed E-state index contributed by atoms with van der Waals surface area (Å²) in [4.78, 5) is 24.0. The first-order valence-electron chi connectivity index (χ1n) is 7.02. The van der Waals surface area contributed by atoms with Gasteiger partial charge in [0.2, 0.25) is 10.0 Å². The average Bonchev–Trinajstić information content (AvgIpc) is 2.76. The van der Waals surface area contributed by atoms with E-state index in [0.717, 1.165) is 10.5 Å². The van der Waals surface area contributed by atoms with E-state index in [1.165, 1.54) is 16.4 Å². The van der Waals surface area contributed by atoms with Crippen LogP contribution in [0, 0.1) is 12.8 Å². The Balaban J connectivity index is 1.65. The topological polar surface area (TPSA) is 84.0 Å². The van der Waals surface area contributed by atoms with Crippen molar-refractivity contribution in [1.29, 1.82) is 0 Å². The van der Waals surface area contributed by atoms with Crippen LogP contribution in [0.1, 0.15) is 5.56 Å². The van der Waals surface area contributed by atoms with Crippen molar-refractivity contribution in [3.05, 3.63) is 28.8 Å². The first-order valence-corrected chi connectivity index (χ1v) is 8.84. The zero-order valence-electron chi connectivity index (χ0n) is 12.4. The number of sulfonamides is 1. The lowest BCUT2D eigenvalue weighted by molar-refractivity contribution is -0.126. The number of halogens is 1. The molecule has 0 spiro atoms. The molecular weight excluding hydrogens is 344 g/mol. The molecule has 2 fully saturated rings. The number of amides is 2. The number of benzene rings is 1. The molecule has 2 amide bonds. The molecule has 0 aliphatic carbocycles. The summed E-state index contributed by atoms with van der Waals surface area (Å²) < 4.78 is 30.9. The molecule has 0 atom stereocenters. The van der Waals surface area contributed by atoms with Gasteiger partial charge in [-0.25, -0.2) is 18.1 Å². The molecular formula is C14H15ClN2O5S. The average molecular weight is 359 g/mol. The normalized spacial score (nSPS) is 19.8. The molecule has 0 N–H and O–H groups in total. The number of aryl methyl sites for hydroxylation is 1. The van der Waals surface area contributed by atoms with E-state index in [9.17, 15) is 18.0 Å². The van der Waals surface area contributed by atoms with Crippen LogP contribution in [0.4, 0.5) is 4.79 Å². The molecule has 0 aromatic heterocycles. The second-order valence-electron chi connectivity index (χ2n) is 5.66. The van der Waals surface area contributed by atoms with E-state index in [1.807, 2.05) is 0 Å². The predicted molar refractivity (Wildman–Crippen MR) is 81.5 cm³/mol. The van der Waals surface area contributed by atoms with E-state index in [4.69, 9.17) is 11.6 Å². The number of hydrogen-bond donors (Lipinski definition) is 0. The van der Waals surface area contributed by atoms with Gasteiger partial charge in [-0.2, -0.15) is 4.31 Å². The molecule has 2 aliphatic heterocycles. The van der Waals surface area contributed by atoms with E-state index in [-0.39, 0.29) is 43.0 Å². The van der Waals surface area contributed by atoms with E-state index < -0.39 is 16.1 Å². The Labute approximate surface area is 138 Å². The van der Waals surface area contributed by atoms with E-state index in [0.29, 0.717) is 5.02 Å². The third kappa shape index (κ3) is 2.93. The van der Waals surface area contributed by atoms with Crippen LogP contribution in [0.25, 0.3) is 0 Å². The quantitative estimate of drug-likeness (QED) is 0.808. The second kappa shape index (κ2) is 5.77. The summed E-state index contributed by atoms with van der Waals surface area (Å²) in [6.07, 6.45) is -0.665. The number of carbonyl (C=O) groups excluding carboxylic acids is 2. The number of hydrogen-bond acceptors (Lipinski definition) is 5. The van der Waals surface area contributed by atoms with Crippen LogP contribution in [-0.2, 0) is 19.6 Å². The van der Waals surface area contributed by atoms with Crippen molar-refractivity contribution in [2.24, 2.45) is 5.92 Å². The summed E-state index contributed by atoms with van der Waals surface area (Å²) in [5.41, 5.74) is 0.804. The molecule has 9 heteroatoms. The van der Waals surface area contributed by atoms with Gasteiger partial charge in [-0.15, -0.1) is 0 Å². The van der Waals surface area contributed by atoms with Gasteiger partial charge >= 0.3 is 6.09 Å². The fourth-order valence-corrected chi connectivity index (χ4v) is 4.40. The van der Waals surface area contributed by atoms with Gasteiger partial charge in [-0.3, -0.25) is 4.79 Å². The number of rotatable bonds is 4. The summed E-state index contributed by atoms with van der Waals surface area (Å²) in [7, 11) is -3.61. The molecule has 23 heavy (non-hydrogen) atoms. The van der Waals surface area contributed by atoms with Crippen LogP contribution in [-0.4, -0.2) is 55.9 Å². The third-order valence-corrected chi connectivity index (χ3v) is 6.22. The van der Waals surface area contributed by atoms with Gasteiger partial charge in [0.1, 0.15) is 0 Å². The summed E-state index contributed by atoms with van der Waals surface area (Å²) in [6, 6.07) is 4.61.